The van der Waals surface area contributed by atoms with Crippen molar-refractivity contribution in [3.8, 4) is 0 Å². The van der Waals surface area contributed by atoms with Crippen LogP contribution in [0.15, 0.2) is 54.6 Å². The van der Waals surface area contributed by atoms with Gasteiger partial charge < -0.3 is 0 Å². The smallest absolute Gasteiger partial charge is 0.0838 e. The minimum Gasteiger partial charge on any atom is -0.273 e. The second-order valence-corrected chi connectivity index (χ2v) is 4.89. The van der Waals surface area contributed by atoms with Crippen molar-refractivity contribution in [2.24, 2.45) is 0 Å². The highest BCUT2D eigenvalue weighted by atomic mass is 16.7. The molecule has 0 N–H and O–H groups in total. The first-order valence-electron chi connectivity index (χ1n) is 6.94. The maximum atomic E-state index is 5.81. The molecule has 1 aliphatic rings. The summed E-state index contributed by atoms with van der Waals surface area (Å²) in [5, 5.41) is 2.05. The second-order valence-electron chi connectivity index (χ2n) is 4.89. The molecule has 0 bridgehead atoms. The van der Waals surface area contributed by atoms with E-state index in [1.807, 2.05) is 0 Å². The van der Waals surface area contributed by atoms with Gasteiger partial charge in [-0.05, 0) is 29.7 Å². The van der Waals surface area contributed by atoms with Crippen LogP contribution in [0.1, 0.15) is 30.5 Å². The van der Waals surface area contributed by atoms with Gasteiger partial charge in [0.25, 0.3) is 0 Å². The molecule has 3 rings (SSSR count). The van der Waals surface area contributed by atoms with E-state index < -0.39 is 0 Å². The zero-order valence-electron chi connectivity index (χ0n) is 11.3. The van der Waals surface area contributed by atoms with Crippen LogP contribution in [-0.2, 0) is 11.3 Å². The first-order chi connectivity index (χ1) is 9.38. The van der Waals surface area contributed by atoms with Crippen LogP contribution in [0.3, 0.4) is 0 Å². The minimum absolute atomic E-state index is 0.327. The van der Waals surface area contributed by atoms with Gasteiger partial charge in [-0.2, -0.15) is 0 Å². The Kier molecular flexibility index (Phi) is 3.51. The molecule has 1 heterocycles. The van der Waals surface area contributed by atoms with Crippen LogP contribution in [0.2, 0.25) is 0 Å². The fraction of sp³-hybridized carbons (Fsp3) is 0.294. The molecule has 0 radical (unpaired) electrons. The first-order valence-corrected chi connectivity index (χ1v) is 6.94. The molecule has 1 atom stereocenters. The zero-order chi connectivity index (χ0) is 13.1. The largest absolute Gasteiger partial charge is 0.273 e. The van der Waals surface area contributed by atoms with Gasteiger partial charge in [-0.25, -0.2) is 5.06 Å². The minimum atomic E-state index is 0.327. The Bertz CT molecular complexity index is 521. The van der Waals surface area contributed by atoms with Gasteiger partial charge in [-0.1, -0.05) is 49.4 Å². The van der Waals surface area contributed by atoms with Crippen molar-refractivity contribution >= 4 is 5.69 Å². The molecule has 1 saturated heterocycles. The van der Waals surface area contributed by atoms with Gasteiger partial charge in [0.1, 0.15) is 0 Å². The summed E-state index contributed by atoms with van der Waals surface area (Å²) in [6.07, 6.45) is 2.11. The Labute approximate surface area is 114 Å². The van der Waals surface area contributed by atoms with E-state index in [2.05, 4.69) is 66.6 Å². The van der Waals surface area contributed by atoms with Gasteiger partial charge in [0.15, 0.2) is 0 Å². The average molecular weight is 253 g/mol. The van der Waals surface area contributed by atoms with Crippen molar-refractivity contribution in [3.05, 3.63) is 65.7 Å². The summed E-state index contributed by atoms with van der Waals surface area (Å²) < 4.78 is 0. The van der Waals surface area contributed by atoms with E-state index >= 15 is 0 Å². The lowest BCUT2D eigenvalue weighted by molar-refractivity contribution is 0.159. The molecule has 2 aromatic carbocycles. The molecule has 1 unspecified atom stereocenters. The summed E-state index contributed by atoms with van der Waals surface area (Å²) in [4.78, 5) is 5.81. The number of nitrogens with zero attached hydrogens (tertiary/aromatic N) is 1. The van der Waals surface area contributed by atoms with Gasteiger partial charge in [0, 0.05) is 6.42 Å². The molecule has 0 spiro atoms. The van der Waals surface area contributed by atoms with E-state index in [-0.39, 0.29) is 0 Å². The normalized spacial score (nSPS) is 18.8. The summed E-state index contributed by atoms with van der Waals surface area (Å²) in [7, 11) is 0. The fourth-order valence-corrected chi connectivity index (χ4v) is 2.58. The molecular formula is C17H19NO. The first kappa shape index (κ1) is 12.2. The van der Waals surface area contributed by atoms with Crippen LogP contribution in [0, 0.1) is 0 Å². The molecule has 2 aromatic rings. The SMILES string of the molecule is CCc1ccc(N2OCCC2c2ccccc2)cc1. The molecule has 0 saturated carbocycles. The van der Waals surface area contributed by atoms with Crippen molar-refractivity contribution in [1.29, 1.82) is 0 Å². The number of rotatable bonds is 3. The lowest BCUT2D eigenvalue weighted by atomic mass is 10.0. The van der Waals surface area contributed by atoms with Crippen LogP contribution in [0.4, 0.5) is 5.69 Å². The third-order valence-electron chi connectivity index (χ3n) is 3.69. The van der Waals surface area contributed by atoms with E-state index in [0.29, 0.717) is 6.04 Å². The van der Waals surface area contributed by atoms with Crippen molar-refractivity contribution in [1.82, 2.24) is 0 Å². The number of benzene rings is 2. The highest BCUT2D eigenvalue weighted by molar-refractivity contribution is 5.48. The highest BCUT2D eigenvalue weighted by Crippen LogP contribution is 2.34. The number of hydrogen-bond acceptors (Lipinski definition) is 2. The fourth-order valence-electron chi connectivity index (χ4n) is 2.58. The van der Waals surface area contributed by atoms with Crippen LogP contribution >= 0.6 is 0 Å². The molecule has 0 amide bonds. The maximum absolute atomic E-state index is 5.81. The van der Waals surface area contributed by atoms with Crippen molar-refractivity contribution in [3.63, 3.8) is 0 Å². The van der Waals surface area contributed by atoms with Gasteiger partial charge in [0.2, 0.25) is 0 Å². The molecule has 2 nitrogen and oxygen atoms in total. The Balaban J connectivity index is 1.86. The molecular weight excluding hydrogens is 234 g/mol. The molecule has 0 aliphatic carbocycles. The molecule has 1 fully saturated rings. The van der Waals surface area contributed by atoms with E-state index in [9.17, 15) is 0 Å². The Morgan fingerprint density at radius 1 is 1.05 bits per heavy atom. The van der Waals surface area contributed by atoms with Crippen molar-refractivity contribution in [2.45, 2.75) is 25.8 Å². The zero-order valence-corrected chi connectivity index (χ0v) is 11.3. The summed E-state index contributed by atoms with van der Waals surface area (Å²) in [6.45, 7) is 2.96. The van der Waals surface area contributed by atoms with Crippen LogP contribution < -0.4 is 5.06 Å². The Hall–Kier alpha value is -1.80. The molecule has 98 valence electrons. The summed E-state index contributed by atoms with van der Waals surface area (Å²) in [6, 6.07) is 19.6. The Morgan fingerprint density at radius 2 is 1.79 bits per heavy atom. The van der Waals surface area contributed by atoms with Gasteiger partial charge in [0.05, 0.1) is 18.3 Å². The predicted octanol–water partition coefficient (Wildman–Crippen LogP) is 4.13. The molecule has 19 heavy (non-hydrogen) atoms. The predicted molar refractivity (Wildman–Crippen MR) is 78.1 cm³/mol. The Morgan fingerprint density at radius 3 is 2.47 bits per heavy atom. The standard InChI is InChI=1S/C17H19NO/c1-2-14-8-10-16(11-9-14)18-17(12-13-19-18)15-6-4-3-5-7-15/h3-11,17H,2,12-13H2,1H3. The number of hydroxylamine groups is 1. The van der Waals surface area contributed by atoms with Crippen LogP contribution in [0.5, 0.6) is 0 Å². The third kappa shape index (κ3) is 2.49. The molecule has 1 aliphatic heterocycles. The summed E-state index contributed by atoms with van der Waals surface area (Å²) in [5.74, 6) is 0. The lowest BCUT2D eigenvalue weighted by Crippen LogP contribution is -2.20. The monoisotopic (exact) mass is 253 g/mol. The van der Waals surface area contributed by atoms with Crippen molar-refractivity contribution in [2.75, 3.05) is 11.7 Å². The maximum Gasteiger partial charge on any atom is 0.0838 e. The van der Waals surface area contributed by atoms with Crippen LogP contribution in [-0.4, -0.2) is 6.61 Å². The third-order valence-corrected chi connectivity index (χ3v) is 3.69. The molecule has 0 aromatic heterocycles. The second kappa shape index (κ2) is 5.45. The summed E-state index contributed by atoms with van der Waals surface area (Å²) >= 11 is 0. The highest BCUT2D eigenvalue weighted by Gasteiger charge is 2.27. The summed E-state index contributed by atoms with van der Waals surface area (Å²) in [5.41, 5.74) is 3.82. The van der Waals surface area contributed by atoms with Crippen molar-refractivity contribution < 1.29 is 4.84 Å². The number of hydrogen-bond donors (Lipinski definition) is 0. The van der Waals surface area contributed by atoms with E-state index in [4.69, 9.17) is 4.84 Å². The number of aryl methyl sites for hydroxylation is 1. The van der Waals surface area contributed by atoms with Gasteiger partial charge in [-0.3, -0.25) is 4.84 Å². The van der Waals surface area contributed by atoms with E-state index in [1.165, 1.54) is 11.1 Å². The number of anilines is 1. The average Bonchev–Trinajstić information content (AvgIpc) is 2.98. The lowest BCUT2D eigenvalue weighted by Gasteiger charge is -2.25. The quantitative estimate of drug-likeness (QED) is 0.815. The van der Waals surface area contributed by atoms with E-state index in [0.717, 1.165) is 25.1 Å². The van der Waals surface area contributed by atoms with E-state index in [1.54, 1.807) is 0 Å². The van der Waals surface area contributed by atoms with Gasteiger partial charge >= 0.3 is 0 Å². The molecule has 2 heteroatoms. The van der Waals surface area contributed by atoms with Crippen LogP contribution in [0.25, 0.3) is 0 Å². The van der Waals surface area contributed by atoms with Gasteiger partial charge in [-0.15, -0.1) is 0 Å². The topological polar surface area (TPSA) is 12.5 Å².